The Morgan fingerprint density at radius 3 is 2.43 bits per heavy atom. The molecule has 1 fully saturated rings. The molecule has 0 radical (unpaired) electrons. The molecule has 0 saturated carbocycles. The van der Waals surface area contributed by atoms with Crippen LogP contribution in [0.5, 0.6) is 11.5 Å². The second-order valence-electron chi connectivity index (χ2n) is 8.34. The number of hydrogen-bond acceptors (Lipinski definition) is 7. The molecule has 2 heterocycles. The quantitative estimate of drug-likeness (QED) is 0.474. The molecule has 2 aromatic carbocycles. The van der Waals surface area contributed by atoms with E-state index in [0.29, 0.717) is 41.0 Å². The standard InChI is InChI=1S/C25H29N5O4S/c1-16-7-8-18(11-17(16)2)30-15-26-28-25(30)35-14-23(31)27-20-13-22(34-4)21(33-3)12-19(20)24(32)29-9-5-6-10-29/h7-8,11-13,15H,5-6,9-10,14H2,1-4H3,(H,27,31). The maximum Gasteiger partial charge on any atom is 0.256 e. The highest BCUT2D eigenvalue weighted by Crippen LogP contribution is 2.34. The summed E-state index contributed by atoms with van der Waals surface area (Å²) < 4.78 is 12.6. The monoisotopic (exact) mass is 495 g/mol. The maximum atomic E-state index is 13.2. The lowest BCUT2D eigenvalue weighted by Crippen LogP contribution is -2.29. The van der Waals surface area contributed by atoms with Crippen LogP contribution in [0.2, 0.25) is 0 Å². The molecule has 2 amide bonds. The minimum absolute atomic E-state index is 0.0925. The first-order valence-electron chi connectivity index (χ1n) is 11.4. The molecule has 3 aromatic rings. The fourth-order valence-electron chi connectivity index (χ4n) is 3.94. The number of nitrogens with one attached hydrogen (secondary N) is 1. The predicted molar refractivity (Wildman–Crippen MR) is 135 cm³/mol. The lowest BCUT2D eigenvalue weighted by molar-refractivity contribution is -0.113. The van der Waals surface area contributed by atoms with E-state index in [0.717, 1.165) is 24.1 Å². The number of methoxy groups -OCH3 is 2. The number of likely N-dealkylation sites (tertiary alicyclic amines) is 1. The molecule has 0 spiro atoms. The number of benzene rings is 2. The van der Waals surface area contributed by atoms with E-state index < -0.39 is 0 Å². The summed E-state index contributed by atoms with van der Waals surface area (Å²) in [5, 5.41) is 11.7. The van der Waals surface area contributed by atoms with Crippen molar-refractivity contribution in [1.29, 1.82) is 0 Å². The number of rotatable bonds is 8. The van der Waals surface area contributed by atoms with Crippen LogP contribution in [0.25, 0.3) is 5.69 Å². The third kappa shape index (κ3) is 5.43. The SMILES string of the molecule is COc1cc(NC(=O)CSc2nncn2-c2ccc(C)c(C)c2)c(C(=O)N2CCCC2)cc1OC. The van der Waals surface area contributed by atoms with Crippen molar-refractivity contribution in [2.24, 2.45) is 0 Å². The molecule has 35 heavy (non-hydrogen) atoms. The molecule has 0 aliphatic carbocycles. The van der Waals surface area contributed by atoms with E-state index in [2.05, 4.69) is 28.5 Å². The van der Waals surface area contributed by atoms with Gasteiger partial charge in [-0.25, -0.2) is 0 Å². The average molecular weight is 496 g/mol. The van der Waals surface area contributed by atoms with E-state index in [1.165, 1.54) is 31.5 Å². The molecule has 1 aliphatic heterocycles. The molecule has 0 atom stereocenters. The fourth-order valence-corrected chi connectivity index (χ4v) is 4.67. The maximum absolute atomic E-state index is 13.2. The van der Waals surface area contributed by atoms with Crippen molar-refractivity contribution in [1.82, 2.24) is 19.7 Å². The lowest BCUT2D eigenvalue weighted by Gasteiger charge is -2.20. The van der Waals surface area contributed by atoms with Crippen molar-refractivity contribution in [2.75, 3.05) is 38.4 Å². The molecule has 1 N–H and O–H groups in total. The first-order valence-corrected chi connectivity index (χ1v) is 12.4. The number of hydrogen-bond donors (Lipinski definition) is 1. The highest BCUT2D eigenvalue weighted by atomic mass is 32.2. The van der Waals surface area contributed by atoms with Crippen LogP contribution in [-0.4, -0.2) is 64.5 Å². The van der Waals surface area contributed by atoms with Gasteiger partial charge in [-0.05, 0) is 56.0 Å². The molecule has 1 aliphatic rings. The predicted octanol–water partition coefficient (Wildman–Crippen LogP) is 3.87. The van der Waals surface area contributed by atoms with Crippen LogP contribution in [0.3, 0.4) is 0 Å². The third-order valence-electron chi connectivity index (χ3n) is 6.04. The van der Waals surface area contributed by atoms with Crippen LogP contribution in [0.1, 0.15) is 34.3 Å². The number of aromatic nitrogens is 3. The first kappa shape index (κ1) is 24.6. The zero-order valence-corrected chi connectivity index (χ0v) is 21.1. The Balaban J connectivity index is 1.52. The molecular formula is C25H29N5O4S. The molecule has 0 unspecified atom stereocenters. The minimum Gasteiger partial charge on any atom is -0.493 e. The molecule has 0 bridgehead atoms. The largest absolute Gasteiger partial charge is 0.493 e. The number of aryl methyl sites for hydroxylation is 2. The number of carbonyl (C=O) groups is 2. The lowest BCUT2D eigenvalue weighted by atomic mass is 10.1. The van der Waals surface area contributed by atoms with Gasteiger partial charge in [-0.15, -0.1) is 10.2 Å². The second kappa shape index (κ2) is 10.8. The molecule has 1 aromatic heterocycles. The van der Waals surface area contributed by atoms with E-state index in [-0.39, 0.29) is 17.6 Å². The van der Waals surface area contributed by atoms with Gasteiger partial charge >= 0.3 is 0 Å². The number of ether oxygens (including phenoxy) is 2. The molecule has 10 heteroatoms. The van der Waals surface area contributed by atoms with Gasteiger partial charge in [0.1, 0.15) is 6.33 Å². The fraction of sp³-hybridized carbons (Fsp3) is 0.360. The number of nitrogens with zero attached hydrogens (tertiary/aromatic N) is 4. The second-order valence-corrected chi connectivity index (χ2v) is 9.28. The van der Waals surface area contributed by atoms with Crippen LogP contribution in [0.4, 0.5) is 5.69 Å². The van der Waals surface area contributed by atoms with E-state index in [1.807, 2.05) is 23.6 Å². The van der Waals surface area contributed by atoms with Crippen molar-refractivity contribution in [3.05, 3.63) is 53.3 Å². The van der Waals surface area contributed by atoms with Gasteiger partial charge < -0.3 is 19.7 Å². The topological polar surface area (TPSA) is 98.6 Å². The Morgan fingerprint density at radius 2 is 1.74 bits per heavy atom. The smallest absolute Gasteiger partial charge is 0.256 e. The summed E-state index contributed by atoms with van der Waals surface area (Å²) in [6, 6.07) is 9.35. The average Bonchev–Trinajstić information content (AvgIpc) is 3.56. The number of anilines is 1. The van der Waals surface area contributed by atoms with E-state index in [9.17, 15) is 9.59 Å². The number of thioether (sulfide) groups is 1. The minimum atomic E-state index is -0.271. The van der Waals surface area contributed by atoms with E-state index in [4.69, 9.17) is 9.47 Å². The Bertz CT molecular complexity index is 1240. The van der Waals surface area contributed by atoms with Crippen LogP contribution < -0.4 is 14.8 Å². The summed E-state index contributed by atoms with van der Waals surface area (Å²) in [6.07, 6.45) is 3.57. The van der Waals surface area contributed by atoms with E-state index in [1.54, 1.807) is 23.4 Å². The van der Waals surface area contributed by atoms with Gasteiger partial charge in [0.15, 0.2) is 16.7 Å². The van der Waals surface area contributed by atoms with Gasteiger partial charge in [0.2, 0.25) is 5.91 Å². The summed E-state index contributed by atoms with van der Waals surface area (Å²) in [4.78, 5) is 27.9. The van der Waals surface area contributed by atoms with Crippen LogP contribution >= 0.6 is 11.8 Å². The van der Waals surface area contributed by atoms with Crippen LogP contribution in [-0.2, 0) is 4.79 Å². The number of amides is 2. The van der Waals surface area contributed by atoms with Gasteiger partial charge in [-0.3, -0.25) is 14.2 Å². The van der Waals surface area contributed by atoms with E-state index >= 15 is 0 Å². The Labute approximate surface area is 208 Å². The summed E-state index contributed by atoms with van der Waals surface area (Å²) in [5.41, 5.74) is 4.06. The Hall–Kier alpha value is -3.53. The normalized spacial score (nSPS) is 13.1. The molecule has 4 rings (SSSR count). The third-order valence-corrected chi connectivity index (χ3v) is 6.98. The summed E-state index contributed by atoms with van der Waals surface area (Å²) in [5.74, 6) is 0.551. The van der Waals surface area contributed by atoms with Crippen molar-refractivity contribution in [3.63, 3.8) is 0 Å². The van der Waals surface area contributed by atoms with Gasteiger partial charge in [-0.2, -0.15) is 0 Å². The van der Waals surface area contributed by atoms with Crippen molar-refractivity contribution < 1.29 is 19.1 Å². The summed E-state index contributed by atoms with van der Waals surface area (Å²) in [7, 11) is 3.03. The van der Waals surface area contributed by atoms with Gasteiger partial charge in [0, 0.05) is 24.8 Å². The van der Waals surface area contributed by atoms with Crippen molar-refractivity contribution in [2.45, 2.75) is 31.8 Å². The van der Waals surface area contributed by atoms with Crippen molar-refractivity contribution in [3.8, 4) is 17.2 Å². The van der Waals surface area contributed by atoms with Crippen molar-refractivity contribution >= 4 is 29.3 Å². The Kier molecular flexibility index (Phi) is 7.60. The summed E-state index contributed by atoms with van der Waals surface area (Å²) >= 11 is 1.27. The van der Waals surface area contributed by atoms with Crippen LogP contribution in [0, 0.1) is 13.8 Å². The van der Waals surface area contributed by atoms with Gasteiger partial charge in [0.05, 0.1) is 31.2 Å². The first-order chi connectivity index (χ1) is 16.9. The zero-order chi connectivity index (χ0) is 24.9. The molecule has 184 valence electrons. The zero-order valence-electron chi connectivity index (χ0n) is 20.3. The summed E-state index contributed by atoms with van der Waals surface area (Å²) in [6.45, 7) is 5.50. The Morgan fingerprint density at radius 1 is 1.03 bits per heavy atom. The highest BCUT2D eigenvalue weighted by Gasteiger charge is 2.25. The molecule has 9 nitrogen and oxygen atoms in total. The highest BCUT2D eigenvalue weighted by molar-refractivity contribution is 7.99. The van der Waals surface area contributed by atoms with Crippen LogP contribution in [0.15, 0.2) is 41.8 Å². The van der Waals surface area contributed by atoms with Gasteiger partial charge in [-0.1, -0.05) is 17.8 Å². The van der Waals surface area contributed by atoms with Gasteiger partial charge in [0.25, 0.3) is 5.91 Å². The number of carbonyl (C=O) groups excluding carboxylic acids is 2. The molecular weight excluding hydrogens is 466 g/mol. The molecule has 1 saturated heterocycles.